The maximum Gasteiger partial charge on any atom is 0.328 e. The summed E-state index contributed by atoms with van der Waals surface area (Å²) in [6.45, 7) is 0.649. The highest BCUT2D eigenvalue weighted by Crippen LogP contribution is 2.29. The Morgan fingerprint density at radius 2 is 2.00 bits per heavy atom. The van der Waals surface area contributed by atoms with Crippen LogP contribution in [0.1, 0.15) is 18.4 Å². The van der Waals surface area contributed by atoms with Crippen LogP contribution in [0.3, 0.4) is 0 Å². The second-order valence-corrected chi connectivity index (χ2v) is 8.33. The number of methoxy groups -OCH3 is 1. The van der Waals surface area contributed by atoms with Crippen LogP contribution in [-0.4, -0.2) is 54.0 Å². The molecule has 0 bridgehead atoms. The lowest BCUT2D eigenvalue weighted by Crippen LogP contribution is -2.68. The SMILES string of the molecule is COc1ccc(CN2C(=O)C3CCCNC3N(CC(=O)Nc3cccc(Cl)c3)C2=O)cc1. The number of carbonyl (C=O) groups excluding carboxylic acids is 3. The first kappa shape index (κ1) is 22.1. The molecule has 0 spiro atoms. The first-order valence-corrected chi connectivity index (χ1v) is 10.9. The van der Waals surface area contributed by atoms with Gasteiger partial charge in [0.2, 0.25) is 11.8 Å². The monoisotopic (exact) mass is 456 g/mol. The van der Waals surface area contributed by atoms with Crippen LogP contribution in [0.5, 0.6) is 5.75 Å². The summed E-state index contributed by atoms with van der Waals surface area (Å²) < 4.78 is 5.17. The van der Waals surface area contributed by atoms with Crippen LogP contribution >= 0.6 is 11.6 Å². The molecule has 2 aliphatic rings. The van der Waals surface area contributed by atoms with Gasteiger partial charge in [-0.2, -0.15) is 0 Å². The van der Waals surface area contributed by atoms with E-state index in [9.17, 15) is 14.4 Å². The molecule has 0 aromatic heterocycles. The number of nitrogens with zero attached hydrogens (tertiary/aromatic N) is 2. The predicted octanol–water partition coefficient (Wildman–Crippen LogP) is 3.08. The lowest BCUT2D eigenvalue weighted by atomic mass is 9.91. The average molecular weight is 457 g/mol. The minimum Gasteiger partial charge on any atom is -0.497 e. The van der Waals surface area contributed by atoms with Crippen molar-refractivity contribution in [2.24, 2.45) is 5.92 Å². The molecular formula is C23H25ClN4O4. The average Bonchev–Trinajstić information content (AvgIpc) is 2.80. The van der Waals surface area contributed by atoms with Gasteiger partial charge in [-0.1, -0.05) is 29.8 Å². The molecule has 168 valence electrons. The normalized spacial score (nSPS) is 20.7. The van der Waals surface area contributed by atoms with Crippen molar-refractivity contribution in [2.45, 2.75) is 25.6 Å². The number of amides is 4. The van der Waals surface area contributed by atoms with E-state index in [1.54, 1.807) is 43.5 Å². The van der Waals surface area contributed by atoms with E-state index in [0.29, 0.717) is 29.4 Å². The quantitative estimate of drug-likeness (QED) is 0.697. The van der Waals surface area contributed by atoms with E-state index in [0.717, 1.165) is 12.0 Å². The van der Waals surface area contributed by atoms with Gasteiger partial charge in [-0.15, -0.1) is 0 Å². The Morgan fingerprint density at radius 3 is 2.72 bits per heavy atom. The molecule has 2 N–H and O–H groups in total. The van der Waals surface area contributed by atoms with Gasteiger partial charge < -0.3 is 10.1 Å². The molecule has 4 amide bonds. The van der Waals surface area contributed by atoms with Crippen molar-refractivity contribution >= 4 is 35.1 Å². The van der Waals surface area contributed by atoms with E-state index < -0.39 is 18.1 Å². The van der Waals surface area contributed by atoms with Gasteiger partial charge >= 0.3 is 6.03 Å². The van der Waals surface area contributed by atoms with E-state index >= 15 is 0 Å². The summed E-state index contributed by atoms with van der Waals surface area (Å²) in [5, 5.41) is 6.52. The minimum atomic E-state index is -0.499. The summed E-state index contributed by atoms with van der Waals surface area (Å²) in [6, 6.07) is 13.5. The number of ether oxygens (including phenoxy) is 1. The molecule has 0 saturated carbocycles. The number of imide groups is 1. The molecular weight excluding hydrogens is 432 g/mol. The van der Waals surface area contributed by atoms with Crippen LogP contribution in [0.4, 0.5) is 10.5 Å². The molecule has 2 aliphatic heterocycles. The molecule has 4 rings (SSSR count). The highest BCUT2D eigenvalue weighted by atomic mass is 35.5. The van der Waals surface area contributed by atoms with Gasteiger partial charge in [0, 0.05) is 10.7 Å². The van der Waals surface area contributed by atoms with E-state index in [1.165, 1.54) is 9.80 Å². The van der Waals surface area contributed by atoms with Crippen LogP contribution in [-0.2, 0) is 16.1 Å². The van der Waals surface area contributed by atoms with Crippen LogP contribution in [0.15, 0.2) is 48.5 Å². The van der Waals surface area contributed by atoms with Crippen molar-refractivity contribution in [3.8, 4) is 5.75 Å². The number of hydrogen-bond donors (Lipinski definition) is 2. The van der Waals surface area contributed by atoms with Crippen molar-refractivity contribution in [2.75, 3.05) is 25.5 Å². The van der Waals surface area contributed by atoms with Gasteiger partial charge in [0.1, 0.15) is 12.3 Å². The third-order valence-corrected chi connectivity index (χ3v) is 5.98. The molecule has 2 fully saturated rings. The number of urea groups is 1. The Bertz CT molecular complexity index is 1010. The highest BCUT2D eigenvalue weighted by Gasteiger charge is 2.47. The van der Waals surface area contributed by atoms with E-state index in [2.05, 4.69) is 10.6 Å². The molecule has 2 saturated heterocycles. The van der Waals surface area contributed by atoms with Gasteiger partial charge in [0.05, 0.1) is 25.7 Å². The zero-order valence-corrected chi connectivity index (χ0v) is 18.5. The topological polar surface area (TPSA) is 91.0 Å². The third-order valence-electron chi connectivity index (χ3n) is 5.74. The molecule has 32 heavy (non-hydrogen) atoms. The largest absolute Gasteiger partial charge is 0.497 e. The molecule has 9 heteroatoms. The Kier molecular flexibility index (Phi) is 6.62. The number of rotatable bonds is 6. The molecule has 2 atom stereocenters. The maximum atomic E-state index is 13.3. The minimum absolute atomic E-state index is 0.136. The van der Waals surface area contributed by atoms with Gasteiger partial charge in [-0.05, 0) is 55.3 Å². The maximum absolute atomic E-state index is 13.3. The van der Waals surface area contributed by atoms with E-state index in [1.807, 2.05) is 12.1 Å². The first-order valence-electron chi connectivity index (χ1n) is 10.5. The number of hydrogen-bond acceptors (Lipinski definition) is 5. The Balaban J connectivity index is 1.53. The summed E-state index contributed by atoms with van der Waals surface area (Å²) in [6.07, 6.45) is 0.996. The summed E-state index contributed by atoms with van der Waals surface area (Å²) in [5.74, 6) is -0.264. The molecule has 2 aromatic rings. The second-order valence-electron chi connectivity index (χ2n) is 7.89. The van der Waals surface area contributed by atoms with E-state index in [4.69, 9.17) is 16.3 Å². The number of carbonyl (C=O) groups is 3. The van der Waals surface area contributed by atoms with Crippen molar-refractivity contribution in [3.63, 3.8) is 0 Å². The number of fused-ring (bicyclic) bond motifs is 1. The Morgan fingerprint density at radius 1 is 1.22 bits per heavy atom. The number of piperidine rings is 1. The smallest absolute Gasteiger partial charge is 0.328 e. The zero-order chi connectivity index (χ0) is 22.7. The summed E-state index contributed by atoms with van der Waals surface area (Å²) in [4.78, 5) is 41.9. The lowest BCUT2D eigenvalue weighted by Gasteiger charge is -2.46. The fourth-order valence-corrected chi connectivity index (χ4v) is 4.36. The summed E-state index contributed by atoms with van der Waals surface area (Å²) in [5.41, 5.74) is 1.35. The van der Waals surface area contributed by atoms with Gasteiger partial charge in [0.15, 0.2) is 0 Å². The Hall–Kier alpha value is -3.10. The fraction of sp³-hybridized carbons (Fsp3) is 0.348. The number of halogens is 1. The number of anilines is 1. The predicted molar refractivity (Wildman–Crippen MR) is 120 cm³/mol. The highest BCUT2D eigenvalue weighted by molar-refractivity contribution is 6.30. The zero-order valence-electron chi connectivity index (χ0n) is 17.7. The first-order chi connectivity index (χ1) is 15.5. The second kappa shape index (κ2) is 9.58. The van der Waals surface area contributed by atoms with E-state index in [-0.39, 0.29) is 24.9 Å². The Labute approximate surface area is 191 Å². The number of nitrogens with one attached hydrogen (secondary N) is 2. The standard InChI is InChI=1S/C23H25ClN4O4/c1-32-18-9-7-15(8-10-18)13-28-22(30)19-6-3-11-25-21(19)27(23(28)31)14-20(29)26-17-5-2-4-16(24)12-17/h2,4-5,7-10,12,19,21,25H,3,6,11,13-14H2,1H3,(H,26,29). The lowest BCUT2D eigenvalue weighted by molar-refractivity contribution is -0.143. The molecule has 2 aromatic carbocycles. The fourth-order valence-electron chi connectivity index (χ4n) is 4.17. The third kappa shape index (κ3) is 4.71. The van der Waals surface area contributed by atoms with Crippen molar-refractivity contribution in [1.82, 2.24) is 15.1 Å². The van der Waals surface area contributed by atoms with Crippen molar-refractivity contribution in [1.29, 1.82) is 0 Å². The number of benzene rings is 2. The van der Waals surface area contributed by atoms with Crippen molar-refractivity contribution < 1.29 is 19.1 Å². The van der Waals surface area contributed by atoms with Gasteiger partial charge in [-0.25, -0.2) is 4.79 Å². The van der Waals surface area contributed by atoms with Gasteiger partial charge in [0.25, 0.3) is 0 Å². The molecule has 2 unspecified atom stereocenters. The molecule has 2 heterocycles. The van der Waals surface area contributed by atoms with Crippen LogP contribution in [0, 0.1) is 5.92 Å². The molecule has 8 nitrogen and oxygen atoms in total. The van der Waals surface area contributed by atoms with Crippen LogP contribution in [0.25, 0.3) is 0 Å². The van der Waals surface area contributed by atoms with Crippen molar-refractivity contribution in [3.05, 3.63) is 59.1 Å². The molecule has 0 aliphatic carbocycles. The van der Waals surface area contributed by atoms with Crippen LogP contribution in [0.2, 0.25) is 5.02 Å². The van der Waals surface area contributed by atoms with Gasteiger partial charge in [-0.3, -0.25) is 24.7 Å². The van der Waals surface area contributed by atoms with Crippen LogP contribution < -0.4 is 15.4 Å². The summed E-state index contributed by atoms with van der Waals surface area (Å²) >= 11 is 5.99. The molecule has 0 radical (unpaired) electrons. The summed E-state index contributed by atoms with van der Waals surface area (Å²) in [7, 11) is 1.58.